The number of ketones is 1. The highest BCUT2D eigenvalue weighted by molar-refractivity contribution is 6.21. The summed E-state index contributed by atoms with van der Waals surface area (Å²) < 4.78 is 0. The molecule has 0 aliphatic rings. The Kier molecular flexibility index (Phi) is 8.36. The van der Waals surface area contributed by atoms with Crippen LogP contribution < -0.4 is 0 Å². The molecule has 0 aliphatic heterocycles. The van der Waals surface area contributed by atoms with Crippen molar-refractivity contribution >= 4 is 5.78 Å². The van der Waals surface area contributed by atoms with E-state index in [1.54, 1.807) is 0 Å². The van der Waals surface area contributed by atoms with Crippen molar-refractivity contribution < 1.29 is 4.79 Å². The van der Waals surface area contributed by atoms with E-state index in [1.165, 1.54) is 0 Å². The first kappa shape index (κ1) is 30.5. The fraction of sp³-hybridized carbons (Fsp3) is 0. The second kappa shape index (κ2) is 13.7. The molecule has 0 saturated carbocycles. The molecule has 236 valence electrons. The zero-order chi connectivity index (χ0) is 33.7. The molecule has 0 unspecified atom stereocenters. The third kappa shape index (κ3) is 6.00. The van der Waals surface area contributed by atoms with Crippen LogP contribution in [0, 0.1) is 0 Å². The summed E-state index contributed by atoms with van der Waals surface area (Å²) >= 11 is 0. The van der Waals surface area contributed by atoms with Gasteiger partial charge in [0.2, 0.25) is 5.78 Å². The molecule has 0 amide bonds. The molecule has 5 heteroatoms. The highest BCUT2D eigenvalue weighted by atomic mass is 16.1. The molecule has 5 nitrogen and oxygen atoms in total. The molecule has 0 radical (unpaired) electrons. The lowest BCUT2D eigenvalue weighted by Gasteiger charge is -2.19. The van der Waals surface area contributed by atoms with Crippen LogP contribution >= 0.6 is 0 Å². The molecule has 8 rings (SSSR count). The third-order valence-electron chi connectivity index (χ3n) is 8.53. The summed E-state index contributed by atoms with van der Waals surface area (Å²) in [6, 6.07) is 59.1. The molecular weight excluding hydrogens is 613 g/mol. The van der Waals surface area contributed by atoms with Crippen LogP contribution in [0.1, 0.15) is 15.9 Å². The summed E-state index contributed by atoms with van der Waals surface area (Å²) in [5.74, 6) is 0.795. The lowest BCUT2D eigenvalue weighted by atomic mass is 9.89. The first-order chi connectivity index (χ1) is 24.7. The summed E-state index contributed by atoms with van der Waals surface area (Å²) in [5.41, 5.74) is 7.82. The largest absolute Gasteiger partial charge is 0.288 e. The summed E-state index contributed by atoms with van der Waals surface area (Å²) in [6.45, 7) is 0. The highest BCUT2D eigenvalue weighted by Crippen LogP contribution is 2.39. The van der Waals surface area contributed by atoms with Crippen molar-refractivity contribution in [2.75, 3.05) is 0 Å². The first-order valence-corrected chi connectivity index (χ1v) is 16.5. The zero-order valence-electron chi connectivity index (χ0n) is 27.0. The number of aromatic nitrogens is 4. The van der Waals surface area contributed by atoms with Crippen LogP contribution in [0.4, 0.5) is 0 Å². The van der Waals surface area contributed by atoms with E-state index in [4.69, 9.17) is 19.9 Å². The number of benzene rings is 6. The molecule has 0 N–H and O–H groups in total. The van der Waals surface area contributed by atoms with E-state index in [9.17, 15) is 0 Å². The van der Waals surface area contributed by atoms with Crippen LogP contribution in [-0.2, 0) is 0 Å². The van der Waals surface area contributed by atoms with Crippen molar-refractivity contribution in [1.29, 1.82) is 0 Å². The van der Waals surface area contributed by atoms with E-state index in [0.29, 0.717) is 45.6 Å². The summed E-state index contributed by atoms with van der Waals surface area (Å²) in [7, 11) is 0. The SMILES string of the molecule is O=C(c1c(-c2ccccc2)nc(-c2ccccc2)nc1-c1ccccc1)c1c(-c2ccccc2)nc(-c2ccccc2)nc1-c1ccccc1. The predicted octanol–water partition coefficient (Wildman–Crippen LogP) is 10.5. The highest BCUT2D eigenvalue weighted by Gasteiger charge is 2.31. The van der Waals surface area contributed by atoms with Crippen molar-refractivity contribution in [1.82, 2.24) is 19.9 Å². The van der Waals surface area contributed by atoms with Gasteiger partial charge in [-0.25, -0.2) is 19.9 Å². The zero-order valence-corrected chi connectivity index (χ0v) is 27.0. The van der Waals surface area contributed by atoms with Gasteiger partial charge in [0.1, 0.15) is 0 Å². The topological polar surface area (TPSA) is 68.6 Å². The second-order valence-electron chi connectivity index (χ2n) is 11.8. The summed E-state index contributed by atoms with van der Waals surface area (Å²) in [4.78, 5) is 36.3. The maximum Gasteiger partial charge on any atom is 0.201 e. The minimum Gasteiger partial charge on any atom is -0.288 e. The molecular formula is C45H30N4O. The monoisotopic (exact) mass is 642 g/mol. The Labute approximate surface area is 290 Å². The van der Waals surface area contributed by atoms with E-state index >= 15 is 4.79 Å². The van der Waals surface area contributed by atoms with Gasteiger partial charge >= 0.3 is 0 Å². The van der Waals surface area contributed by atoms with Crippen molar-refractivity contribution in [3.05, 3.63) is 193 Å². The predicted molar refractivity (Wildman–Crippen MR) is 200 cm³/mol. The summed E-state index contributed by atoms with van der Waals surface area (Å²) in [6.07, 6.45) is 0. The maximum absolute atomic E-state index is 15.8. The van der Waals surface area contributed by atoms with Gasteiger partial charge in [-0.1, -0.05) is 182 Å². The van der Waals surface area contributed by atoms with Crippen LogP contribution in [0.15, 0.2) is 182 Å². The van der Waals surface area contributed by atoms with Gasteiger partial charge in [-0.15, -0.1) is 0 Å². The van der Waals surface area contributed by atoms with Crippen LogP contribution in [-0.4, -0.2) is 25.7 Å². The Hall–Kier alpha value is -6.85. The van der Waals surface area contributed by atoms with Gasteiger partial charge < -0.3 is 0 Å². The molecule has 0 bridgehead atoms. The number of carbonyl (C=O) groups excluding carboxylic acids is 1. The Bertz CT molecular complexity index is 2110. The van der Waals surface area contributed by atoms with Crippen LogP contribution in [0.5, 0.6) is 0 Å². The van der Waals surface area contributed by atoms with Crippen molar-refractivity contribution in [2.45, 2.75) is 0 Å². The van der Waals surface area contributed by atoms with Gasteiger partial charge in [0.15, 0.2) is 11.6 Å². The van der Waals surface area contributed by atoms with E-state index in [1.807, 2.05) is 182 Å². The average Bonchev–Trinajstić information content (AvgIpc) is 3.21. The van der Waals surface area contributed by atoms with E-state index < -0.39 is 0 Å². The lowest BCUT2D eigenvalue weighted by Crippen LogP contribution is -2.15. The molecule has 0 saturated heterocycles. The number of hydrogen-bond acceptors (Lipinski definition) is 5. The average molecular weight is 643 g/mol. The lowest BCUT2D eigenvalue weighted by molar-refractivity contribution is 0.104. The van der Waals surface area contributed by atoms with Gasteiger partial charge in [-0.3, -0.25) is 4.79 Å². The van der Waals surface area contributed by atoms with Crippen molar-refractivity contribution in [3.8, 4) is 67.8 Å². The molecule has 0 spiro atoms. The molecule has 2 heterocycles. The standard InChI is InChI=1S/C45H30N4O/c50-43(37-39(31-19-7-1-8-20-31)46-44(35-27-15-5-16-28-35)47-40(37)32-21-9-2-10-22-32)38-41(33-23-11-3-12-24-33)48-45(36-29-17-6-18-30-36)49-42(38)34-25-13-4-14-26-34/h1-30H. The van der Waals surface area contributed by atoms with Gasteiger partial charge in [-0.05, 0) is 0 Å². The van der Waals surface area contributed by atoms with Crippen LogP contribution in [0.3, 0.4) is 0 Å². The first-order valence-electron chi connectivity index (χ1n) is 16.5. The molecule has 0 fully saturated rings. The van der Waals surface area contributed by atoms with Crippen LogP contribution in [0.2, 0.25) is 0 Å². The molecule has 0 atom stereocenters. The van der Waals surface area contributed by atoms with Gasteiger partial charge in [0, 0.05) is 33.4 Å². The van der Waals surface area contributed by atoms with Crippen molar-refractivity contribution in [3.63, 3.8) is 0 Å². The quantitative estimate of drug-likeness (QED) is 0.154. The van der Waals surface area contributed by atoms with Gasteiger partial charge in [0.05, 0.1) is 33.9 Å². The fourth-order valence-electron chi connectivity index (χ4n) is 6.13. The van der Waals surface area contributed by atoms with E-state index in [2.05, 4.69) is 0 Å². The Morgan fingerprint density at radius 1 is 0.280 bits per heavy atom. The normalized spacial score (nSPS) is 10.9. The van der Waals surface area contributed by atoms with Crippen LogP contribution in [0.25, 0.3) is 67.8 Å². The third-order valence-corrected chi connectivity index (χ3v) is 8.53. The number of rotatable bonds is 8. The summed E-state index contributed by atoms with van der Waals surface area (Å²) in [5, 5.41) is 0. The molecule has 50 heavy (non-hydrogen) atoms. The number of nitrogens with zero attached hydrogens (tertiary/aromatic N) is 4. The Morgan fingerprint density at radius 3 is 0.700 bits per heavy atom. The second-order valence-corrected chi connectivity index (χ2v) is 11.8. The smallest absolute Gasteiger partial charge is 0.201 e. The van der Waals surface area contributed by atoms with Gasteiger partial charge in [-0.2, -0.15) is 0 Å². The minimum atomic E-state index is -0.264. The number of hydrogen-bond donors (Lipinski definition) is 0. The minimum absolute atomic E-state index is 0.264. The molecule has 2 aromatic heterocycles. The van der Waals surface area contributed by atoms with Crippen molar-refractivity contribution in [2.24, 2.45) is 0 Å². The fourth-order valence-corrected chi connectivity index (χ4v) is 6.13. The number of carbonyl (C=O) groups is 1. The van der Waals surface area contributed by atoms with Gasteiger partial charge in [0.25, 0.3) is 0 Å². The Balaban J connectivity index is 1.49. The Morgan fingerprint density at radius 2 is 0.480 bits per heavy atom. The maximum atomic E-state index is 15.8. The molecule has 8 aromatic rings. The van der Waals surface area contributed by atoms with E-state index in [-0.39, 0.29) is 5.78 Å². The molecule has 6 aromatic carbocycles. The molecule has 0 aliphatic carbocycles. The van der Waals surface area contributed by atoms with E-state index in [0.717, 1.165) is 33.4 Å².